The van der Waals surface area contributed by atoms with Gasteiger partial charge in [-0.1, -0.05) is 6.08 Å². The molecule has 1 amide bonds. The molecule has 1 aliphatic heterocycles. The molecule has 0 spiro atoms. The van der Waals surface area contributed by atoms with Crippen molar-refractivity contribution in [2.45, 2.75) is 33.2 Å². The molecule has 0 atom stereocenters. The molecule has 2 aromatic heterocycles. The Balaban J connectivity index is 1.91. The first-order chi connectivity index (χ1) is 12.8. The van der Waals surface area contributed by atoms with Gasteiger partial charge in [-0.3, -0.25) is 9.78 Å². The number of carbonyl (C=O) groups excluding carboxylic acids is 1. The van der Waals surface area contributed by atoms with Crippen LogP contribution in [-0.4, -0.2) is 20.6 Å². The van der Waals surface area contributed by atoms with Crippen LogP contribution in [-0.2, 0) is 5.54 Å². The number of nitrogens with zero attached hydrogens (tertiary/aromatic N) is 4. The molecule has 0 radical (unpaired) electrons. The smallest absolute Gasteiger partial charge is 0.296 e. The lowest BCUT2D eigenvalue weighted by Gasteiger charge is -2.31. The molecule has 0 saturated carbocycles. The Morgan fingerprint density at radius 1 is 1.26 bits per heavy atom. The zero-order valence-corrected chi connectivity index (χ0v) is 15.7. The second kappa shape index (κ2) is 5.87. The number of carbonyl (C=O) groups is 1. The number of rotatable bonds is 2. The largest absolute Gasteiger partial charge is 0.493 e. The van der Waals surface area contributed by atoms with Crippen molar-refractivity contribution in [2.75, 3.05) is 0 Å². The SMILES string of the molecule is CC1=CC(C)(C)n2c(O)c(N=NC(=O)c3cccnc3)c3cc(C)cc1c32. The molecule has 136 valence electrons. The number of aryl methyl sites for hydroxylation is 1. The molecular weight excluding hydrogens is 340 g/mol. The molecule has 0 aliphatic carbocycles. The summed E-state index contributed by atoms with van der Waals surface area (Å²) in [7, 11) is 0. The Bertz CT molecular complexity index is 1140. The molecule has 0 unspecified atom stereocenters. The minimum absolute atomic E-state index is 0.00772. The molecule has 4 rings (SSSR count). The molecular formula is C21H20N4O2. The molecule has 0 saturated heterocycles. The zero-order valence-electron chi connectivity index (χ0n) is 15.7. The number of amides is 1. The number of aromatic nitrogens is 2. The van der Waals surface area contributed by atoms with Gasteiger partial charge in [0.2, 0.25) is 5.88 Å². The third kappa shape index (κ3) is 2.65. The highest BCUT2D eigenvalue weighted by molar-refractivity contribution is 6.03. The molecule has 1 aromatic carbocycles. The van der Waals surface area contributed by atoms with Gasteiger partial charge in [-0.25, -0.2) is 0 Å². The average Bonchev–Trinajstić information content (AvgIpc) is 2.90. The Kier molecular flexibility index (Phi) is 3.73. The highest BCUT2D eigenvalue weighted by Crippen LogP contribution is 2.48. The number of azo groups is 1. The lowest BCUT2D eigenvalue weighted by Crippen LogP contribution is -2.26. The molecule has 6 nitrogen and oxygen atoms in total. The summed E-state index contributed by atoms with van der Waals surface area (Å²) < 4.78 is 1.85. The maximum atomic E-state index is 12.3. The van der Waals surface area contributed by atoms with Gasteiger partial charge in [0.05, 0.1) is 16.6 Å². The van der Waals surface area contributed by atoms with E-state index in [1.54, 1.807) is 18.3 Å². The van der Waals surface area contributed by atoms with E-state index in [0.717, 1.165) is 27.6 Å². The molecule has 6 heteroatoms. The van der Waals surface area contributed by atoms with Crippen molar-refractivity contribution in [2.24, 2.45) is 10.2 Å². The van der Waals surface area contributed by atoms with Gasteiger partial charge in [-0.05, 0) is 63.1 Å². The summed E-state index contributed by atoms with van der Waals surface area (Å²) in [5.41, 5.74) is 4.40. The van der Waals surface area contributed by atoms with Crippen LogP contribution in [0.3, 0.4) is 0 Å². The normalized spacial score (nSPS) is 15.3. The van der Waals surface area contributed by atoms with E-state index >= 15 is 0 Å². The number of aromatic hydroxyl groups is 1. The zero-order chi connectivity index (χ0) is 19.3. The first-order valence-corrected chi connectivity index (χ1v) is 8.74. The number of benzene rings is 1. The van der Waals surface area contributed by atoms with Gasteiger partial charge in [0.25, 0.3) is 5.91 Å². The monoisotopic (exact) mass is 360 g/mol. The highest BCUT2D eigenvalue weighted by atomic mass is 16.3. The minimum Gasteiger partial charge on any atom is -0.493 e. The Hall–Kier alpha value is -3.28. The van der Waals surface area contributed by atoms with Gasteiger partial charge in [0.1, 0.15) is 0 Å². The van der Waals surface area contributed by atoms with E-state index in [0.29, 0.717) is 11.3 Å². The summed E-state index contributed by atoms with van der Waals surface area (Å²) in [6.45, 7) is 8.12. The fourth-order valence-electron chi connectivity index (χ4n) is 3.81. The first kappa shape index (κ1) is 17.1. The molecule has 27 heavy (non-hydrogen) atoms. The van der Waals surface area contributed by atoms with E-state index in [1.807, 2.05) is 31.4 Å². The molecule has 0 bridgehead atoms. The van der Waals surface area contributed by atoms with Crippen LogP contribution in [0.5, 0.6) is 5.88 Å². The van der Waals surface area contributed by atoms with Crippen LogP contribution >= 0.6 is 0 Å². The topological polar surface area (TPSA) is 79.8 Å². The van der Waals surface area contributed by atoms with Crippen LogP contribution in [0, 0.1) is 6.92 Å². The molecule has 1 N–H and O–H groups in total. The lowest BCUT2D eigenvalue weighted by atomic mass is 9.91. The van der Waals surface area contributed by atoms with Crippen LogP contribution in [0.15, 0.2) is 53.0 Å². The van der Waals surface area contributed by atoms with Crippen molar-refractivity contribution in [1.29, 1.82) is 0 Å². The van der Waals surface area contributed by atoms with Crippen molar-refractivity contribution in [3.05, 3.63) is 59.4 Å². The maximum Gasteiger partial charge on any atom is 0.296 e. The van der Waals surface area contributed by atoms with Crippen LogP contribution in [0.25, 0.3) is 16.5 Å². The number of hydrogen-bond donors (Lipinski definition) is 1. The standard InChI is InChI=1S/C21H20N4O2/c1-12-8-15-13(2)10-21(3,4)25-18(15)16(9-12)17(20(25)27)23-24-19(26)14-6-5-7-22-11-14/h5-11,27H,1-4H3. The Morgan fingerprint density at radius 3 is 2.74 bits per heavy atom. The van der Waals surface area contributed by atoms with Crippen molar-refractivity contribution in [1.82, 2.24) is 9.55 Å². The predicted molar refractivity (Wildman–Crippen MR) is 104 cm³/mol. The van der Waals surface area contributed by atoms with Gasteiger partial charge in [0.15, 0.2) is 5.69 Å². The third-order valence-electron chi connectivity index (χ3n) is 4.88. The van der Waals surface area contributed by atoms with Crippen LogP contribution in [0.1, 0.15) is 42.3 Å². The van der Waals surface area contributed by atoms with E-state index in [-0.39, 0.29) is 5.88 Å². The molecule has 3 heterocycles. The van der Waals surface area contributed by atoms with Crippen molar-refractivity contribution in [3.8, 4) is 5.88 Å². The van der Waals surface area contributed by atoms with Crippen molar-refractivity contribution in [3.63, 3.8) is 0 Å². The second-order valence-corrected chi connectivity index (χ2v) is 7.44. The van der Waals surface area contributed by atoms with Gasteiger partial charge in [0, 0.05) is 23.3 Å². The lowest BCUT2D eigenvalue weighted by molar-refractivity contribution is 0.0994. The van der Waals surface area contributed by atoms with Gasteiger partial charge in [-0.15, -0.1) is 10.2 Å². The van der Waals surface area contributed by atoms with Crippen molar-refractivity contribution < 1.29 is 9.90 Å². The predicted octanol–water partition coefficient (Wildman–Crippen LogP) is 5.13. The fourth-order valence-corrected chi connectivity index (χ4v) is 3.81. The molecule has 0 fully saturated rings. The van der Waals surface area contributed by atoms with E-state index in [4.69, 9.17) is 0 Å². The number of hydrogen-bond acceptors (Lipinski definition) is 4. The third-order valence-corrected chi connectivity index (χ3v) is 4.88. The summed E-state index contributed by atoms with van der Waals surface area (Å²) in [6, 6.07) is 7.36. The average molecular weight is 360 g/mol. The van der Waals surface area contributed by atoms with E-state index < -0.39 is 11.4 Å². The summed E-state index contributed by atoms with van der Waals surface area (Å²) in [4.78, 5) is 16.2. The van der Waals surface area contributed by atoms with Crippen LogP contribution in [0.4, 0.5) is 5.69 Å². The van der Waals surface area contributed by atoms with Crippen molar-refractivity contribution >= 4 is 28.1 Å². The summed E-state index contributed by atoms with van der Waals surface area (Å²) in [5.74, 6) is -0.493. The van der Waals surface area contributed by atoms with E-state index in [1.165, 1.54) is 6.20 Å². The van der Waals surface area contributed by atoms with Gasteiger partial charge < -0.3 is 9.67 Å². The van der Waals surface area contributed by atoms with E-state index in [9.17, 15) is 9.90 Å². The highest BCUT2D eigenvalue weighted by Gasteiger charge is 2.32. The fraction of sp³-hybridized carbons (Fsp3) is 0.238. The summed E-state index contributed by atoms with van der Waals surface area (Å²) in [5, 5.41) is 19.7. The number of allylic oxidation sites excluding steroid dienone is 2. The van der Waals surface area contributed by atoms with Gasteiger partial charge >= 0.3 is 0 Å². The maximum absolute atomic E-state index is 12.3. The van der Waals surface area contributed by atoms with Crippen LogP contribution in [0.2, 0.25) is 0 Å². The minimum atomic E-state index is -0.500. The van der Waals surface area contributed by atoms with Gasteiger partial charge in [-0.2, -0.15) is 0 Å². The Morgan fingerprint density at radius 2 is 2.04 bits per heavy atom. The summed E-state index contributed by atoms with van der Waals surface area (Å²) >= 11 is 0. The van der Waals surface area contributed by atoms with Crippen LogP contribution < -0.4 is 0 Å². The molecule has 3 aromatic rings. The van der Waals surface area contributed by atoms with E-state index in [2.05, 4.69) is 34.3 Å². The first-order valence-electron chi connectivity index (χ1n) is 8.74. The number of pyridine rings is 1. The second-order valence-electron chi connectivity index (χ2n) is 7.44. The quantitative estimate of drug-likeness (QED) is 0.644. The summed E-state index contributed by atoms with van der Waals surface area (Å²) in [6.07, 6.45) is 5.15. The Labute approximate surface area is 156 Å². The molecule has 1 aliphatic rings.